The molecule has 4 nitrogen and oxygen atoms in total. The highest BCUT2D eigenvalue weighted by atomic mass is 28.3. The second-order valence-corrected chi connectivity index (χ2v) is 4.51. The van der Waals surface area contributed by atoms with Crippen LogP contribution in [-0.2, 0) is 15.9 Å². The van der Waals surface area contributed by atoms with E-state index < -0.39 is 9.28 Å². The van der Waals surface area contributed by atoms with Crippen LogP contribution in [0.5, 0.6) is 0 Å². The fraction of sp³-hybridized carbons (Fsp3) is 0.667. The van der Waals surface area contributed by atoms with Crippen LogP contribution < -0.4 is 0 Å². The lowest BCUT2D eigenvalue weighted by Crippen LogP contribution is -2.17. The van der Waals surface area contributed by atoms with Crippen LogP contribution in [0.2, 0.25) is 6.55 Å². The van der Waals surface area contributed by atoms with Crippen molar-refractivity contribution in [3.05, 3.63) is 18.7 Å². The smallest absolute Gasteiger partial charge is 0.318 e. The Morgan fingerprint density at radius 2 is 1.86 bits per heavy atom. The molecule has 1 rings (SSSR count). The van der Waals surface area contributed by atoms with Crippen LogP contribution in [-0.4, -0.2) is 32.0 Å². The van der Waals surface area contributed by atoms with E-state index in [1.165, 1.54) is 0 Å². The highest BCUT2D eigenvalue weighted by Crippen LogP contribution is 1.85. The first kappa shape index (κ1) is 13.3. The number of imidazole rings is 1. The maximum Gasteiger partial charge on any atom is 0.318 e. The molecule has 1 aromatic rings. The van der Waals surface area contributed by atoms with E-state index in [2.05, 4.69) is 4.98 Å². The normalized spacial score (nSPS) is 9.79. The quantitative estimate of drug-likeness (QED) is 0.712. The Bertz CT molecular complexity index is 199. The van der Waals surface area contributed by atoms with E-state index in [0.717, 1.165) is 13.2 Å². The minimum Gasteiger partial charge on any atom is -0.397 e. The third-order valence-electron chi connectivity index (χ3n) is 1.44. The number of hydrogen-bond donors (Lipinski definition) is 0. The Kier molecular flexibility index (Phi) is 8.51. The van der Waals surface area contributed by atoms with Crippen molar-refractivity contribution in [2.75, 3.05) is 13.2 Å². The molecule has 1 aromatic heterocycles. The highest BCUT2D eigenvalue weighted by Gasteiger charge is 1.99. The molecule has 0 atom stereocenters. The van der Waals surface area contributed by atoms with Gasteiger partial charge >= 0.3 is 9.28 Å². The molecule has 0 bridgehead atoms. The summed E-state index contributed by atoms with van der Waals surface area (Å²) < 4.78 is 12.3. The van der Waals surface area contributed by atoms with E-state index in [1.807, 2.05) is 38.2 Å². The first-order valence-electron chi connectivity index (χ1n) is 4.85. The Hall–Kier alpha value is -0.653. The molecule has 0 aromatic carbocycles. The first-order chi connectivity index (χ1) is 6.70. The SMILES string of the molecule is CCO[SiH](C)OCC.Cn1ccnc1. The molecule has 1 heterocycles. The van der Waals surface area contributed by atoms with E-state index in [1.54, 1.807) is 12.5 Å². The molecule has 0 unspecified atom stereocenters. The van der Waals surface area contributed by atoms with Crippen molar-refractivity contribution in [3.63, 3.8) is 0 Å². The van der Waals surface area contributed by atoms with Crippen LogP contribution in [0.25, 0.3) is 0 Å². The maximum absolute atomic E-state index is 5.20. The Morgan fingerprint density at radius 3 is 2.07 bits per heavy atom. The van der Waals surface area contributed by atoms with Crippen LogP contribution in [0.15, 0.2) is 18.7 Å². The fourth-order valence-electron chi connectivity index (χ4n) is 0.843. The monoisotopic (exact) mass is 216 g/mol. The lowest BCUT2D eigenvalue weighted by atomic mass is 10.9. The minimum absolute atomic E-state index is 0.785. The van der Waals surface area contributed by atoms with Crippen molar-refractivity contribution in [1.82, 2.24) is 9.55 Å². The molecular weight excluding hydrogens is 196 g/mol. The van der Waals surface area contributed by atoms with Gasteiger partial charge in [-0.2, -0.15) is 0 Å². The summed E-state index contributed by atoms with van der Waals surface area (Å²) in [6, 6.07) is 0. The van der Waals surface area contributed by atoms with E-state index in [0.29, 0.717) is 0 Å². The second kappa shape index (κ2) is 8.92. The number of aryl methyl sites for hydroxylation is 1. The van der Waals surface area contributed by atoms with E-state index in [-0.39, 0.29) is 0 Å². The topological polar surface area (TPSA) is 36.3 Å². The summed E-state index contributed by atoms with van der Waals surface area (Å²) in [6.07, 6.45) is 5.39. The standard InChI is InChI=1S/C5H14O2Si.C4H6N2/c1-4-6-8(3)7-5-2;1-6-3-2-5-4-6/h8H,4-5H2,1-3H3;2-4H,1H3. The zero-order chi connectivity index (χ0) is 10.8. The number of hydrogen-bond acceptors (Lipinski definition) is 3. The van der Waals surface area contributed by atoms with Crippen LogP contribution in [0.4, 0.5) is 0 Å². The molecule has 0 saturated heterocycles. The van der Waals surface area contributed by atoms with Crippen LogP contribution in [0.1, 0.15) is 13.8 Å². The summed E-state index contributed by atoms with van der Waals surface area (Å²) in [6.45, 7) is 7.58. The van der Waals surface area contributed by atoms with Gasteiger partial charge in [0.25, 0.3) is 0 Å². The molecule has 5 heteroatoms. The van der Waals surface area contributed by atoms with Crippen molar-refractivity contribution < 1.29 is 8.85 Å². The van der Waals surface area contributed by atoms with E-state index in [9.17, 15) is 0 Å². The lowest BCUT2D eigenvalue weighted by Gasteiger charge is -2.07. The average Bonchev–Trinajstić information content (AvgIpc) is 2.58. The van der Waals surface area contributed by atoms with Gasteiger partial charge in [-0.3, -0.25) is 0 Å². The summed E-state index contributed by atoms with van der Waals surface area (Å²) >= 11 is 0. The zero-order valence-electron chi connectivity index (χ0n) is 9.43. The average molecular weight is 216 g/mol. The molecule has 0 aliphatic rings. The number of aromatic nitrogens is 2. The van der Waals surface area contributed by atoms with Gasteiger partial charge in [-0.25, -0.2) is 4.98 Å². The summed E-state index contributed by atoms with van der Waals surface area (Å²) in [4.78, 5) is 3.78. The van der Waals surface area contributed by atoms with Crippen molar-refractivity contribution in [2.24, 2.45) is 7.05 Å². The van der Waals surface area contributed by atoms with Gasteiger partial charge in [0.2, 0.25) is 0 Å². The fourth-order valence-corrected chi connectivity index (χ4v) is 1.88. The van der Waals surface area contributed by atoms with Gasteiger partial charge in [0.15, 0.2) is 0 Å². The third-order valence-corrected chi connectivity index (χ3v) is 3.04. The molecule has 0 aliphatic carbocycles. The molecular formula is C9H20N2O2Si. The third kappa shape index (κ3) is 7.97. The van der Waals surface area contributed by atoms with Gasteiger partial charge in [-0.05, 0) is 20.4 Å². The maximum atomic E-state index is 5.20. The van der Waals surface area contributed by atoms with Crippen LogP contribution in [0, 0.1) is 0 Å². The largest absolute Gasteiger partial charge is 0.397 e. The zero-order valence-corrected chi connectivity index (χ0v) is 10.6. The minimum atomic E-state index is -1.20. The first-order valence-corrected chi connectivity index (χ1v) is 6.95. The van der Waals surface area contributed by atoms with Crippen LogP contribution >= 0.6 is 0 Å². The Morgan fingerprint density at radius 1 is 1.29 bits per heavy atom. The molecule has 82 valence electrons. The molecule has 0 N–H and O–H groups in total. The summed E-state index contributed by atoms with van der Waals surface area (Å²) in [5.74, 6) is 0. The van der Waals surface area contributed by atoms with Crippen molar-refractivity contribution in [1.29, 1.82) is 0 Å². The molecule has 0 fully saturated rings. The number of nitrogens with zero attached hydrogens (tertiary/aromatic N) is 2. The predicted octanol–water partition coefficient (Wildman–Crippen LogP) is 1.33. The van der Waals surface area contributed by atoms with Gasteiger partial charge in [0.05, 0.1) is 6.33 Å². The second-order valence-electron chi connectivity index (χ2n) is 2.71. The molecule has 0 aliphatic heterocycles. The van der Waals surface area contributed by atoms with E-state index >= 15 is 0 Å². The Labute approximate surface area is 87.7 Å². The van der Waals surface area contributed by atoms with Gasteiger partial charge in [-0.1, -0.05) is 0 Å². The van der Waals surface area contributed by atoms with Crippen LogP contribution in [0.3, 0.4) is 0 Å². The Balaban J connectivity index is 0.000000249. The number of rotatable bonds is 4. The highest BCUT2D eigenvalue weighted by molar-refractivity contribution is 6.42. The lowest BCUT2D eigenvalue weighted by molar-refractivity contribution is 0.219. The molecule has 14 heavy (non-hydrogen) atoms. The van der Waals surface area contributed by atoms with E-state index in [4.69, 9.17) is 8.85 Å². The van der Waals surface area contributed by atoms with Gasteiger partial charge in [0.1, 0.15) is 0 Å². The van der Waals surface area contributed by atoms with Crippen molar-refractivity contribution in [3.8, 4) is 0 Å². The summed E-state index contributed by atoms with van der Waals surface area (Å²) in [5, 5.41) is 0. The molecule has 0 saturated carbocycles. The van der Waals surface area contributed by atoms with Gasteiger partial charge < -0.3 is 13.4 Å². The summed E-state index contributed by atoms with van der Waals surface area (Å²) in [5.41, 5.74) is 0. The summed E-state index contributed by atoms with van der Waals surface area (Å²) in [7, 11) is 0.735. The molecule has 0 radical (unpaired) electrons. The van der Waals surface area contributed by atoms with Crippen molar-refractivity contribution >= 4 is 9.28 Å². The van der Waals surface area contributed by atoms with Gasteiger partial charge in [0, 0.05) is 32.7 Å². The van der Waals surface area contributed by atoms with Gasteiger partial charge in [-0.15, -0.1) is 0 Å². The van der Waals surface area contributed by atoms with Crippen molar-refractivity contribution in [2.45, 2.75) is 20.4 Å². The molecule has 0 spiro atoms. The predicted molar refractivity (Wildman–Crippen MR) is 59.5 cm³/mol. The molecule has 0 amide bonds.